The topological polar surface area (TPSA) is 72.3 Å². The maximum Gasteiger partial charge on any atom is 0.172 e. The van der Waals surface area contributed by atoms with E-state index in [9.17, 15) is 4.79 Å². The van der Waals surface area contributed by atoms with E-state index in [2.05, 4.69) is 15.6 Å². The summed E-state index contributed by atoms with van der Waals surface area (Å²) in [5.74, 6) is 0. The highest BCUT2D eigenvalue weighted by atomic mass is 35.5. The fourth-order valence-electron chi connectivity index (χ4n) is 2.43. The van der Waals surface area contributed by atoms with Gasteiger partial charge in [-0.1, -0.05) is 52.2 Å². The quantitative estimate of drug-likeness (QED) is 0.414. The van der Waals surface area contributed by atoms with Crippen LogP contribution in [0.4, 0.5) is 0 Å². The van der Waals surface area contributed by atoms with Gasteiger partial charge in [0.1, 0.15) is 19.4 Å². The van der Waals surface area contributed by atoms with E-state index in [0.717, 1.165) is 22.3 Å². The van der Waals surface area contributed by atoms with Crippen molar-refractivity contribution in [3.8, 4) is 0 Å². The minimum Gasteiger partial charge on any atom is -0.399 e. The summed E-state index contributed by atoms with van der Waals surface area (Å²) in [7, 11) is 5.15. The van der Waals surface area contributed by atoms with E-state index in [-0.39, 0.29) is 12.3 Å². The number of nitrogens with one attached hydrogen (secondary N) is 1. The predicted octanol–water partition coefficient (Wildman–Crippen LogP) is 4.28. The maximum atomic E-state index is 11.3. The van der Waals surface area contributed by atoms with Gasteiger partial charge < -0.3 is 15.0 Å². The Bertz CT molecular complexity index is 880. The van der Waals surface area contributed by atoms with Crippen molar-refractivity contribution in [1.29, 1.82) is 0 Å². The number of carbonyl (C=O) groups is 1. The van der Waals surface area contributed by atoms with Crippen LogP contribution in [0.5, 0.6) is 0 Å². The molecule has 156 valence electrons. The van der Waals surface area contributed by atoms with Gasteiger partial charge in [0.15, 0.2) is 6.29 Å². The molecule has 29 heavy (non-hydrogen) atoms. The Morgan fingerprint density at radius 1 is 1.14 bits per heavy atom. The monoisotopic (exact) mass is 417 g/mol. The van der Waals surface area contributed by atoms with Gasteiger partial charge in [-0.15, -0.1) is 0 Å². The minimum absolute atomic E-state index is 0.204. The van der Waals surface area contributed by atoms with Gasteiger partial charge in [0.25, 0.3) is 0 Å². The Labute approximate surface area is 177 Å². The van der Waals surface area contributed by atoms with Crippen molar-refractivity contribution in [2.24, 2.45) is 10.3 Å². The van der Waals surface area contributed by atoms with E-state index in [1.54, 1.807) is 6.07 Å². The van der Waals surface area contributed by atoms with Crippen LogP contribution in [0.25, 0.3) is 0 Å². The molecule has 0 bridgehead atoms. The van der Waals surface area contributed by atoms with E-state index in [1.807, 2.05) is 65.2 Å². The first-order valence-electron chi connectivity index (χ1n) is 9.06. The molecular formula is C22H28ClN3O3. The summed E-state index contributed by atoms with van der Waals surface area (Å²) in [6.45, 7) is 5.94. The molecule has 2 rings (SSSR count). The molecule has 0 unspecified atom stereocenters. The van der Waals surface area contributed by atoms with E-state index < -0.39 is 0 Å². The largest absolute Gasteiger partial charge is 0.399 e. The number of aldehydes is 1. The summed E-state index contributed by atoms with van der Waals surface area (Å²) in [5, 5.41) is 11.4. The van der Waals surface area contributed by atoms with Gasteiger partial charge in [-0.3, -0.25) is 4.79 Å². The van der Waals surface area contributed by atoms with E-state index >= 15 is 0 Å². The number of rotatable bonds is 7. The molecule has 0 aliphatic rings. The third-order valence-corrected chi connectivity index (χ3v) is 4.39. The molecule has 0 amide bonds. The zero-order valence-corrected chi connectivity index (χ0v) is 18.5. The van der Waals surface area contributed by atoms with Crippen LogP contribution in [0, 0.1) is 13.8 Å². The van der Waals surface area contributed by atoms with Crippen LogP contribution in [-0.2, 0) is 21.1 Å². The Morgan fingerprint density at radius 2 is 1.83 bits per heavy atom. The minimum atomic E-state index is 0.204. The van der Waals surface area contributed by atoms with Crippen molar-refractivity contribution in [3.63, 3.8) is 0 Å². The molecule has 0 fully saturated rings. The van der Waals surface area contributed by atoms with Gasteiger partial charge in [0.05, 0.1) is 5.71 Å². The Hall–Kier alpha value is -2.70. The highest BCUT2D eigenvalue weighted by Crippen LogP contribution is 2.19. The molecule has 6 nitrogen and oxygen atoms in total. The lowest BCUT2D eigenvalue weighted by Crippen LogP contribution is -2.09. The smallest absolute Gasteiger partial charge is 0.172 e. The average molecular weight is 418 g/mol. The highest BCUT2D eigenvalue weighted by Gasteiger charge is 2.12. The van der Waals surface area contributed by atoms with Gasteiger partial charge in [-0.05, 0) is 52.1 Å². The first-order valence-corrected chi connectivity index (χ1v) is 9.44. The second kappa shape index (κ2) is 12.7. The molecule has 2 aromatic carbocycles. The van der Waals surface area contributed by atoms with Gasteiger partial charge in [0, 0.05) is 21.7 Å². The Morgan fingerprint density at radius 3 is 2.41 bits per heavy atom. The van der Waals surface area contributed by atoms with Crippen molar-refractivity contribution in [3.05, 3.63) is 69.2 Å². The normalized spacial score (nSPS) is 11.4. The number of halogens is 1. The van der Waals surface area contributed by atoms with Gasteiger partial charge in [-0.2, -0.15) is 0 Å². The van der Waals surface area contributed by atoms with E-state index in [1.165, 1.54) is 7.11 Å². The van der Waals surface area contributed by atoms with Crippen molar-refractivity contribution in [1.82, 2.24) is 5.32 Å². The number of benzene rings is 2. The number of nitrogens with zero attached hydrogens (tertiary/aromatic N) is 2. The predicted molar refractivity (Wildman–Crippen MR) is 119 cm³/mol. The lowest BCUT2D eigenvalue weighted by atomic mass is 9.99. The molecule has 0 heterocycles. The number of hydrogen-bond donors (Lipinski definition) is 1. The molecule has 2 aromatic rings. The summed E-state index contributed by atoms with van der Waals surface area (Å²) in [6.07, 6.45) is 0.657. The van der Waals surface area contributed by atoms with E-state index in [0.29, 0.717) is 22.6 Å². The van der Waals surface area contributed by atoms with Gasteiger partial charge in [-0.25, -0.2) is 0 Å². The third kappa shape index (κ3) is 7.33. The Kier molecular flexibility index (Phi) is 10.7. The van der Waals surface area contributed by atoms with Crippen molar-refractivity contribution < 1.29 is 14.5 Å². The molecule has 0 atom stereocenters. The molecule has 7 heteroatoms. The summed E-state index contributed by atoms with van der Waals surface area (Å²) in [4.78, 5) is 21.6. The van der Waals surface area contributed by atoms with Crippen molar-refractivity contribution >= 4 is 29.3 Å². The summed E-state index contributed by atoms with van der Waals surface area (Å²) in [5.41, 5.74) is 5.28. The molecule has 0 aromatic heterocycles. The summed E-state index contributed by atoms with van der Waals surface area (Å²) >= 11 is 6.16. The van der Waals surface area contributed by atoms with Crippen LogP contribution in [0.2, 0.25) is 5.02 Å². The second-order valence-electron chi connectivity index (χ2n) is 6.29. The van der Waals surface area contributed by atoms with Crippen LogP contribution < -0.4 is 5.32 Å². The van der Waals surface area contributed by atoms with Crippen LogP contribution in [0.1, 0.15) is 34.7 Å². The van der Waals surface area contributed by atoms with Crippen molar-refractivity contribution in [2.75, 3.05) is 21.2 Å². The number of aryl methyl sites for hydroxylation is 2. The van der Waals surface area contributed by atoms with Crippen LogP contribution in [0.15, 0.2) is 46.7 Å². The first-order chi connectivity index (χ1) is 13.9. The molecule has 0 aliphatic heterocycles. The average Bonchev–Trinajstić information content (AvgIpc) is 2.70. The van der Waals surface area contributed by atoms with Crippen molar-refractivity contribution in [2.45, 2.75) is 27.4 Å². The van der Waals surface area contributed by atoms with Crippen LogP contribution >= 0.6 is 11.6 Å². The lowest BCUT2D eigenvalue weighted by Gasteiger charge is -2.11. The van der Waals surface area contributed by atoms with Crippen LogP contribution in [-0.4, -0.2) is 38.9 Å². The first kappa shape index (κ1) is 24.3. The number of hydrogen-bond acceptors (Lipinski definition) is 6. The molecule has 0 radical (unpaired) electrons. The fourth-order valence-corrected chi connectivity index (χ4v) is 2.61. The fraction of sp³-hybridized carbons (Fsp3) is 0.318. The molecule has 0 spiro atoms. The lowest BCUT2D eigenvalue weighted by molar-refractivity contribution is -0.102. The number of oxime groups is 2. The standard InChI is InChI=1S/C20H21ClN2O3.C2H7N/c1-13-6-5-7-17(20(11-24)23-25-4)18(13)12-26-22-15(3)16-9-8-14(2)19(21)10-16;1-3-2/h5-11H,12H2,1-4H3;3H,1-2H3/b22-15+,23-20-;. The molecular weight excluding hydrogens is 390 g/mol. The summed E-state index contributed by atoms with van der Waals surface area (Å²) < 4.78 is 0. The molecule has 0 saturated carbocycles. The summed E-state index contributed by atoms with van der Waals surface area (Å²) in [6, 6.07) is 11.3. The third-order valence-electron chi connectivity index (χ3n) is 3.99. The molecule has 0 aliphatic carbocycles. The van der Waals surface area contributed by atoms with Gasteiger partial charge in [0.2, 0.25) is 0 Å². The van der Waals surface area contributed by atoms with Crippen LogP contribution in [0.3, 0.4) is 0 Å². The number of carbonyl (C=O) groups excluding carboxylic acids is 1. The molecule has 0 saturated heterocycles. The Balaban J connectivity index is 0.00000132. The zero-order chi connectivity index (χ0) is 21.8. The van der Waals surface area contributed by atoms with E-state index in [4.69, 9.17) is 21.3 Å². The highest BCUT2D eigenvalue weighted by molar-refractivity contribution is 6.36. The maximum absolute atomic E-state index is 11.3. The SMILES string of the molecule is CNC.CO/N=C(/C=O)c1cccc(C)c1CO/N=C(\C)c1ccc(C)c(Cl)c1. The second-order valence-corrected chi connectivity index (χ2v) is 6.70. The molecule has 1 N–H and O–H groups in total. The van der Waals surface area contributed by atoms with Gasteiger partial charge >= 0.3 is 0 Å². The zero-order valence-electron chi connectivity index (χ0n) is 17.7.